The summed E-state index contributed by atoms with van der Waals surface area (Å²) >= 11 is 0. The molecular formula is C6H11F. The minimum atomic E-state index is 0.00231. The Morgan fingerprint density at radius 1 is 1.57 bits per heavy atom. The maximum atomic E-state index is 12.0. The van der Waals surface area contributed by atoms with Gasteiger partial charge in [-0.1, -0.05) is 19.9 Å². The van der Waals surface area contributed by atoms with Crippen LogP contribution in [0.4, 0.5) is 4.39 Å². The highest BCUT2D eigenvalue weighted by molar-refractivity contribution is 4.88. The van der Waals surface area contributed by atoms with Crippen LogP contribution in [-0.2, 0) is 0 Å². The summed E-state index contributed by atoms with van der Waals surface area (Å²) in [6.07, 6.45) is 2.94. The van der Waals surface area contributed by atoms with Crippen LogP contribution in [0, 0.1) is 0 Å². The molecule has 1 heteroatoms. The van der Waals surface area contributed by atoms with Gasteiger partial charge in [0.2, 0.25) is 0 Å². The van der Waals surface area contributed by atoms with Gasteiger partial charge in [-0.2, -0.15) is 0 Å². The zero-order chi connectivity index (χ0) is 5.70. The fraction of sp³-hybridized carbons (Fsp3) is 0.667. The molecule has 42 valence electrons. The lowest BCUT2D eigenvalue weighted by Crippen LogP contribution is -1.65. The van der Waals surface area contributed by atoms with E-state index in [1.54, 1.807) is 6.08 Å². The van der Waals surface area contributed by atoms with Crippen molar-refractivity contribution in [3.05, 3.63) is 11.9 Å². The smallest absolute Gasteiger partial charge is 0.0957 e. The van der Waals surface area contributed by atoms with Crippen LogP contribution >= 0.6 is 0 Å². The van der Waals surface area contributed by atoms with Crippen LogP contribution in [0.15, 0.2) is 11.9 Å². The van der Waals surface area contributed by atoms with Gasteiger partial charge in [0.15, 0.2) is 0 Å². The van der Waals surface area contributed by atoms with E-state index >= 15 is 0 Å². The highest BCUT2D eigenvalue weighted by atomic mass is 19.1. The fourth-order valence-corrected chi connectivity index (χ4v) is 0.366. The second kappa shape index (κ2) is 3.85. The summed E-state index contributed by atoms with van der Waals surface area (Å²) in [6, 6.07) is 0. The molecule has 0 aliphatic heterocycles. The largest absolute Gasteiger partial charge is 0.212 e. The Morgan fingerprint density at radius 3 is 2.29 bits per heavy atom. The van der Waals surface area contributed by atoms with Crippen molar-refractivity contribution in [3.8, 4) is 0 Å². The maximum absolute atomic E-state index is 12.0. The van der Waals surface area contributed by atoms with Gasteiger partial charge in [0.05, 0.1) is 5.83 Å². The maximum Gasteiger partial charge on any atom is 0.0957 e. The molecule has 0 fully saturated rings. The molecule has 0 aromatic rings. The van der Waals surface area contributed by atoms with Crippen LogP contribution in [0.1, 0.15) is 26.7 Å². The van der Waals surface area contributed by atoms with Crippen molar-refractivity contribution < 1.29 is 4.39 Å². The molecule has 0 unspecified atom stereocenters. The molecule has 0 amide bonds. The fourth-order valence-electron chi connectivity index (χ4n) is 0.366. The molecule has 0 saturated carbocycles. The van der Waals surface area contributed by atoms with Crippen molar-refractivity contribution in [3.63, 3.8) is 0 Å². The number of hydrogen-bond acceptors (Lipinski definition) is 0. The minimum Gasteiger partial charge on any atom is -0.212 e. The normalized spacial score (nSPS) is 12.1. The Morgan fingerprint density at radius 2 is 2.14 bits per heavy atom. The number of allylic oxidation sites excluding steroid dienone is 2. The van der Waals surface area contributed by atoms with Crippen molar-refractivity contribution in [1.82, 2.24) is 0 Å². The molecule has 0 N–H and O–H groups in total. The molecule has 0 aliphatic rings. The third kappa shape index (κ3) is 3.50. The zero-order valence-electron chi connectivity index (χ0n) is 4.87. The average molecular weight is 102 g/mol. The van der Waals surface area contributed by atoms with Crippen molar-refractivity contribution in [2.24, 2.45) is 0 Å². The summed E-state index contributed by atoms with van der Waals surface area (Å²) < 4.78 is 12.0. The molecular weight excluding hydrogens is 91.1 g/mol. The molecule has 0 radical (unpaired) electrons. The van der Waals surface area contributed by atoms with E-state index in [0.717, 1.165) is 6.42 Å². The van der Waals surface area contributed by atoms with Crippen LogP contribution in [0.3, 0.4) is 0 Å². The van der Waals surface area contributed by atoms with E-state index < -0.39 is 0 Å². The predicted molar refractivity (Wildman–Crippen MR) is 29.8 cm³/mol. The second-order valence-electron chi connectivity index (χ2n) is 1.41. The van der Waals surface area contributed by atoms with E-state index in [4.69, 9.17) is 0 Å². The third-order valence-electron chi connectivity index (χ3n) is 0.763. The first-order chi connectivity index (χ1) is 3.31. The Bertz CT molecular complexity index is 64.6. The molecule has 0 nitrogen and oxygen atoms in total. The zero-order valence-corrected chi connectivity index (χ0v) is 4.87. The first-order valence-corrected chi connectivity index (χ1v) is 2.65. The highest BCUT2D eigenvalue weighted by Gasteiger charge is 1.82. The first kappa shape index (κ1) is 6.67. The van der Waals surface area contributed by atoms with Crippen molar-refractivity contribution in [1.29, 1.82) is 0 Å². The van der Waals surface area contributed by atoms with Gasteiger partial charge < -0.3 is 0 Å². The summed E-state index contributed by atoms with van der Waals surface area (Å²) in [7, 11) is 0. The van der Waals surface area contributed by atoms with Crippen LogP contribution in [0.2, 0.25) is 0 Å². The molecule has 0 rings (SSSR count). The molecule has 0 bridgehead atoms. The van der Waals surface area contributed by atoms with Crippen molar-refractivity contribution in [2.75, 3.05) is 0 Å². The van der Waals surface area contributed by atoms with Crippen molar-refractivity contribution >= 4 is 0 Å². The third-order valence-corrected chi connectivity index (χ3v) is 0.763. The topological polar surface area (TPSA) is 0 Å². The molecule has 7 heavy (non-hydrogen) atoms. The standard InChI is InChI=1S/C6H11F/c1-3-5-6(7)4-2/h5H,3-4H2,1-2H3. The monoisotopic (exact) mass is 102 g/mol. The van der Waals surface area contributed by atoms with Gasteiger partial charge >= 0.3 is 0 Å². The van der Waals surface area contributed by atoms with Gasteiger partial charge in [0.25, 0.3) is 0 Å². The Kier molecular flexibility index (Phi) is 3.67. The van der Waals surface area contributed by atoms with Crippen LogP contribution in [0.25, 0.3) is 0 Å². The van der Waals surface area contributed by atoms with E-state index in [9.17, 15) is 4.39 Å². The highest BCUT2D eigenvalue weighted by Crippen LogP contribution is 2.01. The lowest BCUT2D eigenvalue weighted by molar-refractivity contribution is 0.599. The molecule has 0 atom stereocenters. The molecule has 0 spiro atoms. The minimum absolute atomic E-state index is 0.00231. The quantitative estimate of drug-likeness (QED) is 0.502. The lowest BCUT2D eigenvalue weighted by Gasteiger charge is -1.83. The molecule has 0 aliphatic carbocycles. The van der Waals surface area contributed by atoms with E-state index in [0.29, 0.717) is 6.42 Å². The summed E-state index contributed by atoms with van der Waals surface area (Å²) in [6.45, 7) is 3.73. The van der Waals surface area contributed by atoms with E-state index in [1.807, 2.05) is 13.8 Å². The molecule has 0 heterocycles. The first-order valence-electron chi connectivity index (χ1n) is 2.65. The Hall–Kier alpha value is -0.330. The number of hydrogen-bond donors (Lipinski definition) is 0. The molecule has 0 aromatic heterocycles. The van der Waals surface area contributed by atoms with E-state index in [2.05, 4.69) is 0 Å². The van der Waals surface area contributed by atoms with Crippen LogP contribution < -0.4 is 0 Å². The summed E-state index contributed by atoms with van der Waals surface area (Å²) in [5, 5.41) is 0. The second-order valence-corrected chi connectivity index (χ2v) is 1.41. The summed E-state index contributed by atoms with van der Waals surface area (Å²) in [5.74, 6) is 0.00231. The van der Waals surface area contributed by atoms with Gasteiger partial charge in [0.1, 0.15) is 0 Å². The van der Waals surface area contributed by atoms with E-state index in [1.165, 1.54) is 0 Å². The van der Waals surface area contributed by atoms with Gasteiger partial charge in [0, 0.05) is 0 Å². The van der Waals surface area contributed by atoms with Gasteiger partial charge in [-0.25, -0.2) is 4.39 Å². The van der Waals surface area contributed by atoms with Crippen molar-refractivity contribution in [2.45, 2.75) is 26.7 Å². The molecule has 0 saturated heterocycles. The predicted octanol–water partition coefficient (Wildman–Crippen LogP) is 2.66. The Balaban J connectivity index is 3.29. The van der Waals surface area contributed by atoms with Gasteiger partial charge in [-0.15, -0.1) is 0 Å². The average Bonchev–Trinajstić information content (AvgIpc) is 1.68. The SMILES string of the molecule is CCC=C(F)CC. The molecule has 0 aromatic carbocycles. The van der Waals surface area contributed by atoms with Crippen LogP contribution in [0.5, 0.6) is 0 Å². The number of halogens is 1. The Labute approximate surface area is 44.0 Å². The number of rotatable bonds is 2. The van der Waals surface area contributed by atoms with Gasteiger partial charge in [-0.3, -0.25) is 0 Å². The van der Waals surface area contributed by atoms with E-state index in [-0.39, 0.29) is 5.83 Å². The summed E-state index contributed by atoms with van der Waals surface area (Å²) in [4.78, 5) is 0. The lowest BCUT2D eigenvalue weighted by atomic mass is 10.3. The summed E-state index contributed by atoms with van der Waals surface area (Å²) in [5.41, 5.74) is 0. The van der Waals surface area contributed by atoms with Crippen LogP contribution in [-0.4, -0.2) is 0 Å². The van der Waals surface area contributed by atoms with Gasteiger partial charge in [-0.05, 0) is 12.8 Å².